The van der Waals surface area contributed by atoms with Crippen LogP contribution in [-0.4, -0.2) is 194 Å². The smallest absolute Gasteiger partial charge is 0.333 e. The van der Waals surface area contributed by atoms with Crippen LogP contribution in [0.5, 0.6) is 0 Å². The van der Waals surface area contributed by atoms with Gasteiger partial charge < -0.3 is 61.5 Å². The van der Waals surface area contributed by atoms with Crippen LogP contribution >= 0.6 is 15.2 Å². The first-order valence-electron chi connectivity index (χ1n) is 34.1. The fraction of sp³-hybridized carbons (Fsp3) is 0.810. The second-order valence-corrected chi connectivity index (χ2v) is 28.3. The van der Waals surface area contributed by atoms with Gasteiger partial charge in [0.25, 0.3) is 47.3 Å². The molecule has 0 spiro atoms. The Labute approximate surface area is 561 Å². The van der Waals surface area contributed by atoms with E-state index in [2.05, 4.69) is 0 Å². The van der Waals surface area contributed by atoms with Gasteiger partial charge in [0.1, 0.15) is 18.3 Å². The number of hydrogen-bond donors (Lipinski definition) is 1. The molecule has 0 bridgehead atoms. The Kier molecular flexibility index (Phi) is 41.1. The Morgan fingerprint density at radius 2 is 0.531 bits per heavy atom. The number of imide groups is 4. The van der Waals surface area contributed by atoms with Gasteiger partial charge in [-0.15, -0.1) is 20.3 Å². The molecule has 31 nitrogen and oxygen atoms in total. The highest BCUT2D eigenvalue weighted by atomic mass is 31.2. The van der Waals surface area contributed by atoms with E-state index in [9.17, 15) is 71.8 Å². The molecule has 2 unspecified atom stereocenters. The molecule has 33 heteroatoms. The molecule has 4 rings (SSSR count). The van der Waals surface area contributed by atoms with Gasteiger partial charge in [0.2, 0.25) is 0 Å². The van der Waals surface area contributed by atoms with Gasteiger partial charge in [-0.3, -0.25) is 47.5 Å². The molecule has 0 aromatic rings. The fourth-order valence-corrected chi connectivity index (χ4v) is 11.9. The zero-order valence-electron chi connectivity index (χ0n) is 56.0. The lowest BCUT2D eigenvalue weighted by Crippen LogP contribution is -2.31. The molecule has 4 aliphatic heterocycles. The topological polar surface area (TPSA) is 383 Å². The van der Waals surface area contributed by atoms with Crippen molar-refractivity contribution in [3.05, 3.63) is 0 Å². The maximum atomic E-state index is 13.5. The number of hydroxylamine groups is 8. The number of carbonyl (C=O) groups is 12. The summed E-state index contributed by atoms with van der Waals surface area (Å²) in [7, 11) is -7.62. The quantitative estimate of drug-likeness (QED) is 0.0340. The lowest BCUT2D eigenvalue weighted by Gasteiger charge is -2.23. The van der Waals surface area contributed by atoms with Crippen LogP contribution in [0, 0.1) is 0 Å². The van der Waals surface area contributed by atoms with Crippen molar-refractivity contribution >= 4 is 86.3 Å². The van der Waals surface area contributed by atoms with Crippen LogP contribution in [0.4, 0.5) is 0 Å². The average molecular weight is 1410 g/mol. The van der Waals surface area contributed by atoms with Crippen molar-refractivity contribution in [1.29, 1.82) is 0 Å². The second-order valence-electron chi connectivity index (χ2n) is 24.2. The number of unbranched alkanes of at least 4 members (excludes halogenated alkanes) is 20. The molecule has 0 saturated carbocycles. The summed E-state index contributed by atoms with van der Waals surface area (Å²) in [6, 6.07) is 0. The Hall–Kier alpha value is -5.46. The Balaban J connectivity index is 1.14. The zero-order valence-corrected chi connectivity index (χ0v) is 57.8. The van der Waals surface area contributed by atoms with E-state index in [0.29, 0.717) is 85.2 Å². The van der Waals surface area contributed by atoms with E-state index < -0.39 is 118 Å². The molecule has 0 aliphatic carbocycles. The van der Waals surface area contributed by atoms with Gasteiger partial charge in [-0.05, 0) is 51.4 Å². The summed E-state index contributed by atoms with van der Waals surface area (Å²) in [4.78, 5) is 162. The molecule has 96 heavy (non-hydrogen) atoms. The minimum Gasteiger partial charge on any atom is -0.388 e. The Bertz CT molecular complexity index is 2360. The minimum atomic E-state index is -3.81. The molecule has 4 saturated heterocycles. The summed E-state index contributed by atoms with van der Waals surface area (Å²) in [6.45, 7) is 2.80. The van der Waals surface area contributed by atoms with Gasteiger partial charge in [0, 0.05) is 117 Å². The van der Waals surface area contributed by atoms with E-state index in [1.165, 1.54) is 13.3 Å². The summed E-state index contributed by atoms with van der Waals surface area (Å²) in [5.74, 6) is -6.71. The van der Waals surface area contributed by atoms with Crippen LogP contribution in [0.25, 0.3) is 0 Å². The summed E-state index contributed by atoms with van der Waals surface area (Å²) in [5, 5.41) is 13.0. The lowest BCUT2D eigenvalue weighted by atomic mass is 10.1. The monoisotopic (exact) mass is 1410 g/mol. The highest BCUT2D eigenvalue weighted by Gasteiger charge is 2.36. The summed E-state index contributed by atoms with van der Waals surface area (Å²) < 4.78 is 73.5. The van der Waals surface area contributed by atoms with Gasteiger partial charge in [-0.1, -0.05) is 103 Å². The Morgan fingerprint density at radius 1 is 0.323 bits per heavy atom. The second kappa shape index (κ2) is 47.5. The standard InChI is InChI=1S/C63H102N4O27P2/c1-95(81,89-47-50(85-41-25-17-9-5-13-21-29-62(79)93-66-56(73)35-36-57(66)74)45-83-39-23-15-7-3-11-19-27-60(77)91-64-52(69)31-32-53(64)70)87-43-49(68)44-88-96(2,82)90-48-51(86-42-26-18-10-6-14-22-30-63(80)94-67-58(75)37-38-59(67)76)46-84-40-24-16-8-4-12-20-28-61(78)92-65-54(71)33-34-55(65)72/h49-51,68H,3-48H2,1-2H3/t49?,50-,51-,95?,96?/m1/s1. The maximum Gasteiger partial charge on any atom is 0.333 e. The number of aliphatic hydroxyl groups excluding tert-OH is 1. The van der Waals surface area contributed by atoms with Crippen LogP contribution in [0.15, 0.2) is 0 Å². The van der Waals surface area contributed by atoms with Crippen molar-refractivity contribution in [3.8, 4) is 0 Å². The van der Waals surface area contributed by atoms with Gasteiger partial charge in [0.15, 0.2) is 0 Å². The van der Waals surface area contributed by atoms with E-state index in [4.69, 9.17) is 56.4 Å². The van der Waals surface area contributed by atoms with Crippen LogP contribution in [0.1, 0.15) is 231 Å². The molecule has 0 aromatic carbocycles. The van der Waals surface area contributed by atoms with E-state index >= 15 is 0 Å². The number of ether oxygens (including phenoxy) is 4. The first-order valence-corrected chi connectivity index (χ1v) is 38.1. The van der Waals surface area contributed by atoms with E-state index in [0.717, 1.165) is 116 Å². The first-order chi connectivity index (χ1) is 46.0. The molecule has 4 aliphatic rings. The van der Waals surface area contributed by atoms with E-state index in [1.54, 1.807) is 0 Å². The van der Waals surface area contributed by atoms with Crippen LogP contribution in [0.2, 0.25) is 0 Å². The SMILES string of the molecule is CP(=O)(OCC(O)COP(C)(=O)OC[C@@H](COCCCCCCCCC(=O)ON1C(=O)CCC1=O)OCCCCCCCCC(=O)ON1C(=O)CCC1=O)OC[C@@H](COCCCCCCCCC(=O)ON1C(=O)CCC1=O)OCCCCCCCCC(=O)ON1C(=O)CCC1=O. The van der Waals surface area contributed by atoms with Gasteiger partial charge in [-0.2, -0.15) is 0 Å². The molecule has 8 amide bonds. The van der Waals surface area contributed by atoms with Crippen LogP contribution < -0.4 is 0 Å². The number of carbonyl (C=O) groups excluding carboxylic acids is 12. The van der Waals surface area contributed by atoms with Crippen LogP contribution in [-0.2, 0) is 123 Å². The molecular weight excluding hydrogens is 1310 g/mol. The number of aliphatic hydroxyl groups is 1. The van der Waals surface area contributed by atoms with Gasteiger partial charge in [-0.25, -0.2) is 19.2 Å². The predicted octanol–water partition coefficient (Wildman–Crippen LogP) is 8.21. The number of rotatable bonds is 58. The zero-order chi connectivity index (χ0) is 70.0. The van der Waals surface area contributed by atoms with Crippen molar-refractivity contribution in [2.75, 3.05) is 79.4 Å². The normalized spacial score (nSPS) is 17.4. The van der Waals surface area contributed by atoms with Crippen molar-refractivity contribution in [1.82, 2.24) is 20.3 Å². The molecule has 0 aromatic heterocycles. The van der Waals surface area contributed by atoms with Gasteiger partial charge in [0.05, 0.1) is 39.6 Å². The molecular formula is C63H102N4O27P2. The highest BCUT2D eigenvalue weighted by Crippen LogP contribution is 2.46. The van der Waals surface area contributed by atoms with Crippen molar-refractivity contribution in [3.63, 3.8) is 0 Å². The lowest BCUT2D eigenvalue weighted by molar-refractivity contribution is -0.197. The largest absolute Gasteiger partial charge is 0.388 e. The summed E-state index contributed by atoms with van der Waals surface area (Å²) in [6.07, 6.45) is 15.9. The van der Waals surface area contributed by atoms with Gasteiger partial charge >= 0.3 is 39.1 Å². The minimum absolute atomic E-state index is 0.0247. The molecule has 4 atom stereocenters. The number of nitrogens with zero attached hydrogens (tertiary/aromatic N) is 4. The fourth-order valence-electron chi connectivity index (χ4n) is 9.96. The Morgan fingerprint density at radius 3 is 0.781 bits per heavy atom. The predicted molar refractivity (Wildman–Crippen MR) is 336 cm³/mol. The molecule has 1 N–H and O–H groups in total. The first kappa shape index (κ1) is 83.0. The molecule has 0 radical (unpaired) electrons. The summed E-state index contributed by atoms with van der Waals surface area (Å²) in [5.41, 5.74) is 0. The summed E-state index contributed by atoms with van der Waals surface area (Å²) >= 11 is 0. The van der Waals surface area contributed by atoms with Crippen molar-refractivity contribution in [2.24, 2.45) is 0 Å². The molecule has 4 heterocycles. The number of hydrogen-bond acceptors (Lipinski definition) is 27. The molecule has 546 valence electrons. The van der Waals surface area contributed by atoms with Crippen LogP contribution in [0.3, 0.4) is 0 Å². The van der Waals surface area contributed by atoms with E-state index in [-0.39, 0.29) is 103 Å². The third-order valence-corrected chi connectivity index (χ3v) is 18.0. The average Bonchev–Trinajstić information content (AvgIpc) is 1.83. The van der Waals surface area contributed by atoms with E-state index in [1.807, 2.05) is 0 Å². The third-order valence-electron chi connectivity index (χ3n) is 15.5. The van der Waals surface area contributed by atoms with Crippen molar-refractivity contribution < 1.29 is 128 Å². The van der Waals surface area contributed by atoms with Crippen molar-refractivity contribution in [2.45, 2.75) is 249 Å². The maximum absolute atomic E-state index is 13.5. The highest BCUT2D eigenvalue weighted by molar-refractivity contribution is 7.53. The number of amides is 8. The molecule has 4 fully saturated rings. The third kappa shape index (κ3) is 36.4.